The summed E-state index contributed by atoms with van der Waals surface area (Å²) in [7, 11) is -1.81. The van der Waals surface area contributed by atoms with Crippen LogP contribution in [0.2, 0.25) is 0 Å². The van der Waals surface area contributed by atoms with Gasteiger partial charge in [-0.15, -0.1) is 0 Å². The van der Waals surface area contributed by atoms with Crippen LogP contribution in [-0.4, -0.2) is 14.6 Å². The molecule has 2 aliphatic heterocycles. The van der Waals surface area contributed by atoms with Gasteiger partial charge in [0.05, 0.1) is 0 Å². The first kappa shape index (κ1) is 18.1. The highest BCUT2D eigenvalue weighted by Gasteiger charge is 2.46. The van der Waals surface area contributed by atoms with Crippen molar-refractivity contribution in [3.63, 3.8) is 0 Å². The monoisotopic (exact) mass is 366 g/mol. The van der Waals surface area contributed by atoms with Crippen molar-refractivity contribution in [2.75, 3.05) is 0 Å². The summed E-state index contributed by atoms with van der Waals surface area (Å²) in [4.78, 5) is 0. The number of fused-ring (bicyclic) bond motifs is 2. The molecule has 2 aromatic carbocycles. The molecule has 0 fully saturated rings. The molecule has 0 saturated carbocycles. The molecule has 140 valence electrons. The standard InChI is InChI=1S/C20H24B2O5/c1-19(2,3)13-7-9-15-17(11-13)25-21(23-15)27-22-24-16-10-8-14(20(4,5)6)12-18(16)26-22/h7-12H,1-6H3. The molecule has 7 heteroatoms. The van der Waals surface area contributed by atoms with Gasteiger partial charge in [0.2, 0.25) is 0 Å². The predicted molar refractivity (Wildman–Crippen MR) is 105 cm³/mol. The first-order valence-corrected chi connectivity index (χ1v) is 9.21. The normalized spacial score (nSPS) is 15.5. The Morgan fingerprint density at radius 3 is 1.33 bits per heavy atom. The van der Waals surface area contributed by atoms with Gasteiger partial charge in [0.25, 0.3) is 0 Å². The second kappa shape index (κ2) is 6.13. The smallest absolute Gasteiger partial charge is 0.498 e. The van der Waals surface area contributed by atoms with Crippen LogP contribution in [0.4, 0.5) is 0 Å². The third-order valence-corrected chi connectivity index (χ3v) is 4.73. The minimum atomic E-state index is -0.906. The molecule has 2 heterocycles. The molecule has 27 heavy (non-hydrogen) atoms. The molecule has 0 radical (unpaired) electrons. The van der Waals surface area contributed by atoms with Crippen LogP contribution < -0.4 is 18.6 Å². The van der Waals surface area contributed by atoms with Crippen molar-refractivity contribution in [3.8, 4) is 23.0 Å². The minimum Gasteiger partial charge on any atom is -0.498 e. The van der Waals surface area contributed by atoms with E-state index in [2.05, 4.69) is 41.5 Å². The molecular formula is C20H24B2O5. The molecule has 2 aromatic rings. The second-order valence-electron chi connectivity index (χ2n) is 9.01. The molecular weight excluding hydrogens is 342 g/mol. The molecule has 0 aromatic heterocycles. The van der Waals surface area contributed by atoms with Crippen molar-refractivity contribution in [1.29, 1.82) is 0 Å². The lowest BCUT2D eigenvalue weighted by Gasteiger charge is -2.19. The highest BCUT2D eigenvalue weighted by Crippen LogP contribution is 2.40. The fraction of sp³-hybridized carbons (Fsp3) is 0.400. The zero-order valence-electron chi connectivity index (χ0n) is 16.7. The maximum atomic E-state index is 5.78. The third-order valence-electron chi connectivity index (χ3n) is 4.73. The Balaban J connectivity index is 1.42. The SMILES string of the molecule is CC(C)(C)c1ccc2c(c1)OB(OB1Oc3ccc(C(C)(C)C)cc3O1)O2. The zero-order chi connectivity index (χ0) is 19.4. The third kappa shape index (κ3) is 3.61. The number of hydrogen-bond donors (Lipinski definition) is 0. The molecule has 4 rings (SSSR count). The Labute approximate surface area is 161 Å². The molecule has 0 N–H and O–H groups in total. The van der Waals surface area contributed by atoms with E-state index < -0.39 is 14.6 Å². The average molecular weight is 366 g/mol. The van der Waals surface area contributed by atoms with Gasteiger partial charge in [0.15, 0.2) is 0 Å². The van der Waals surface area contributed by atoms with Crippen molar-refractivity contribution in [2.24, 2.45) is 0 Å². The van der Waals surface area contributed by atoms with Crippen molar-refractivity contribution < 1.29 is 23.2 Å². The lowest BCUT2D eigenvalue weighted by Crippen LogP contribution is -2.41. The summed E-state index contributed by atoms with van der Waals surface area (Å²) in [6.45, 7) is 12.9. The van der Waals surface area contributed by atoms with Crippen LogP contribution in [0.25, 0.3) is 0 Å². The molecule has 0 spiro atoms. The van der Waals surface area contributed by atoms with Crippen molar-refractivity contribution in [2.45, 2.75) is 52.4 Å². The summed E-state index contributed by atoms with van der Waals surface area (Å²) in [6.07, 6.45) is 0. The Hall–Kier alpha value is -2.27. The van der Waals surface area contributed by atoms with E-state index in [0.717, 1.165) is 0 Å². The van der Waals surface area contributed by atoms with E-state index in [1.807, 2.05) is 36.4 Å². The number of rotatable bonds is 2. The first-order chi connectivity index (χ1) is 12.6. The molecule has 0 aliphatic carbocycles. The fourth-order valence-corrected chi connectivity index (χ4v) is 2.99. The lowest BCUT2D eigenvalue weighted by atomic mass is 9.87. The van der Waals surface area contributed by atoms with E-state index in [-0.39, 0.29) is 10.8 Å². The quantitative estimate of drug-likeness (QED) is 0.732. The van der Waals surface area contributed by atoms with Gasteiger partial charge < -0.3 is 23.2 Å². The number of benzene rings is 2. The van der Waals surface area contributed by atoms with Crippen LogP contribution in [0.15, 0.2) is 36.4 Å². The topological polar surface area (TPSA) is 46.2 Å². The summed E-state index contributed by atoms with van der Waals surface area (Å²) >= 11 is 0. The summed E-state index contributed by atoms with van der Waals surface area (Å²) < 4.78 is 28.7. The van der Waals surface area contributed by atoms with E-state index in [0.29, 0.717) is 23.0 Å². The van der Waals surface area contributed by atoms with Gasteiger partial charge in [-0.2, -0.15) is 0 Å². The predicted octanol–water partition coefficient (Wildman–Crippen LogP) is 4.51. The van der Waals surface area contributed by atoms with Gasteiger partial charge in [0.1, 0.15) is 23.0 Å². The largest absolute Gasteiger partial charge is 0.778 e. The molecule has 5 nitrogen and oxygen atoms in total. The maximum absolute atomic E-state index is 5.78. The van der Waals surface area contributed by atoms with Crippen molar-refractivity contribution >= 4 is 14.6 Å². The Morgan fingerprint density at radius 2 is 0.963 bits per heavy atom. The molecule has 0 bridgehead atoms. The molecule has 0 amide bonds. The van der Waals surface area contributed by atoms with Gasteiger partial charge in [-0.05, 0) is 46.2 Å². The minimum absolute atomic E-state index is 0.0292. The van der Waals surface area contributed by atoms with Gasteiger partial charge in [-0.3, -0.25) is 0 Å². The highest BCUT2D eigenvalue weighted by molar-refractivity contribution is 6.55. The summed E-state index contributed by atoms with van der Waals surface area (Å²) in [6, 6.07) is 11.9. The molecule has 2 aliphatic rings. The van der Waals surface area contributed by atoms with Gasteiger partial charge in [-0.25, -0.2) is 0 Å². The van der Waals surface area contributed by atoms with Crippen LogP contribution in [0, 0.1) is 0 Å². The molecule has 0 saturated heterocycles. The van der Waals surface area contributed by atoms with Gasteiger partial charge >= 0.3 is 14.6 Å². The lowest BCUT2D eigenvalue weighted by molar-refractivity contribution is 0.278. The van der Waals surface area contributed by atoms with Crippen LogP contribution in [0.3, 0.4) is 0 Å². The van der Waals surface area contributed by atoms with Crippen LogP contribution in [-0.2, 0) is 15.4 Å². The number of hydrogen-bond acceptors (Lipinski definition) is 5. The Morgan fingerprint density at radius 1 is 0.593 bits per heavy atom. The summed E-state index contributed by atoms with van der Waals surface area (Å²) in [5.41, 5.74) is 2.39. The fourth-order valence-electron chi connectivity index (χ4n) is 2.99. The van der Waals surface area contributed by atoms with Crippen molar-refractivity contribution in [1.82, 2.24) is 0 Å². The van der Waals surface area contributed by atoms with E-state index in [9.17, 15) is 0 Å². The summed E-state index contributed by atoms with van der Waals surface area (Å²) in [5.74, 6) is 2.63. The molecule has 0 unspecified atom stereocenters. The Bertz CT molecular complexity index is 798. The average Bonchev–Trinajstić information content (AvgIpc) is 3.14. The zero-order valence-corrected chi connectivity index (χ0v) is 16.7. The maximum Gasteiger partial charge on any atom is 0.778 e. The van der Waals surface area contributed by atoms with Crippen LogP contribution in [0.5, 0.6) is 23.0 Å². The van der Waals surface area contributed by atoms with Crippen LogP contribution in [0.1, 0.15) is 52.7 Å². The van der Waals surface area contributed by atoms with Gasteiger partial charge in [-0.1, -0.05) is 53.7 Å². The van der Waals surface area contributed by atoms with E-state index >= 15 is 0 Å². The van der Waals surface area contributed by atoms with E-state index in [1.165, 1.54) is 11.1 Å². The van der Waals surface area contributed by atoms with Crippen molar-refractivity contribution in [3.05, 3.63) is 47.5 Å². The summed E-state index contributed by atoms with van der Waals surface area (Å²) in [5, 5.41) is 0. The van der Waals surface area contributed by atoms with Gasteiger partial charge in [0, 0.05) is 0 Å². The van der Waals surface area contributed by atoms with E-state index in [4.69, 9.17) is 23.2 Å². The van der Waals surface area contributed by atoms with Crippen LogP contribution >= 0.6 is 0 Å². The Kier molecular flexibility index (Phi) is 4.11. The van der Waals surface area contributed by atoms with E-state index in [1.54, 1.807) is 0 Å². The molecule has 0 atom stereocenters. The first-order valence-electron chi connectivity index (χ1n) is 9.21. The second-order valence-corrected chi connectivity index (χ2v) is 9.01. The highest BCUT2D eigenvalue weighted by atomic mass is 16.8.